The van der Waals surface area contributed by atoms with Crippen molar-refractivity contribution in [3.05, 3.63) is 68.2 Å². The van der Waals surface area contributed by atoms with Crippen LogP contribution in [-0.2, 0) is 6.42 Å². The first-order chi connectivity index (χ1) is 9.93. The largest absolute Gasteiger partial charge is 0.313 e. The number of hydrogen-bond acceptors (Lipinski definition) is 1. The van der Waals surface area contributed by atoms with Crippen molar-refractivity contribution in [2.24, 2.45) is 0 Å². The summed E-state index contributed by atoms with van der Waals surface area (Å²) in [6.45, 7) is 8.72. The summed E-state index contributed by atoms with van der Waals surface area (Å²) in [5.41, 5.74) is 8.16. The van der Waals surface area contributed by atoms with Gasteiger partial charge < -0.3 is 5.32 Å². The van der Waals surface area contributed by atoms with E-state index in [0.29, 0.717) is 6.04 Å². The molecule has 0 radical (unpaired) electrons. The van der Waals surface area contributed by atoms with Gasteiger partial charge in [-0.05, 0) is 74.5 Å². The SMILES string of the molecule is CNC(Cc1c(C)cccc1C)c1cc(C)c(Br)c(C)c1. The summed E-state index contributed by atoms with van der Waals surface area (Å²) in [5, 5.41) is 3.48. The van der Waals surface area contributed by atoms with Crippen LogP contribution >= 0.6 is 15.9 Å². The van der Waals surface area contributed by atoms with Crippen LogP contribution in [0.5, 0.6) is 0 Å². The number of likely N-dealkylation sites (N-methyl/N-ethyl adjacent to an activating group) is 1. The Kier molecular flexibility index (Phi) is 5.23. The van der Waals surface area contributed by atoms with Crippen molar-refractivity contribution in [2.75, 3.05) is 7.05 Å². The normalized spacial score (nSPS) is 12.5. The zero-order valence-corrected chi connectivity index (χ0v) is 15.1. The summed E-state index contributed by atoms with van der Waals surface area (Å²) in [6, 6.07) is 11.4. The molecule has 0 saturated heterocycles. The lowest BCUT2D eigenvalue weighted by atomic mass is 9.92. The van der Waals surface area contributed by atoms with Crippen LogP contribution in [0.15, 0.2) is 34.8 Å². The van der Waals surface area contributed by atoms with Gasteiger partial charge in [-0.3, -0.25) is 0 Å². The molecule has 0 spiro atoms. The van der Waals surface area contributed by atoms with E-state index in [1.807, 2.05) is 7.05 Å². The Labute approximate surface area is 136 Å². The third-order valence-electron chi connectivity index (χ3n) is 4.26. The van der Waals surface area contributed by atoms with E-state index in [9.17, 15) is 0 Å². The second-order valence-corrected chi connectivity index (χ2v) is 6.68. The van der Waals surface area contributed by atoms with Crippen LogP contribution in [0.25, 0.3) is 0 Å². The average Bonchev–Trinajstić information content (AvgIpc) is 2.44. The molecule has 0 aliphatic carbocycles. The second-order valence-electron chi connectivity index (χ2n) is 5.88. The van der Waals surface area contributed by atoms with Gasteiger partial charge in [-0.25, -0.2) is 0 Å². The maximum absolute atomic E-state index is 3.65. The van der Waals surface area contributed by atoms with Crippen LogP contribution in [0.2, 0.25) is 0 Å². The van der Waals surface area contributed by atoms with E-state index in [2.05, 4.69) is 79.3 Å². The first kappa shape index (κ1) is 16.3. The molecule has 0 aliphatic heterocycles. The van der Waals surface area contributed by atoms with E-state index in [1.54, 1.807) is 0 Å². The highest BCUT2D eigenvalue weighted by Crippen LogP contribution is 2.28. The summed E-state index contributed by atoms with van der Waals surface area (Å²) in [4.78, 5) is 0. The third kappa shape index (κ3) is 3.56. The Bertz CT molecular complexity index is 603. The van der Waals surface area contributed by atoms with Gasteiger partial charge in [0.15, 0.2) is 0 Å². The van der Waals surface area contributed by atoms with E-state index >= 15 is 0 Å². The molecule has 2 rings (SSSR count). The maximum atomic E-state index is 3.65. The molecule has 0 heterocycles. The van der Waals surface area contributed by atoms with Crippen LogP contribution in [0, 0.1) is 27.7 Å². The number of halogens is 1. The first-order valence-electron chi connectivity index (χ1n) is 7.43. The third-order valence-corrected chi connectivity index (χ3v) is 5.51. The molecule has 2 aromatic rings. The number of nitrogens with one attached hydrogen (secondary N) is 1. The van der Waals surface area contributed by atoms with Crippen molar-refractivity contribution in [3.63, 3.8) is 0 Å². The van der Waals surface area contributed by atoms with Crippen LogP contribution in [0.4, 0.5) is 0 Å². The van der Waals surface area contributed by atoms with Crippen LogP contribution < -0.4 is 5.32 Å². The molecule has 0 saturated carbocycles. The minimum Gasteiger partial charge on any atom is -0.313 e. The molecule has 1 atom stereocenters. The van der Waals surface area contributed by atoms with Gasteiger partial charge >= 0.3 is 0 Å². The van der Waals surface area contributed by atoms with Crippen molar-refractivity contribution in [2.45, 2.75) is 40.2 Å². The summed E-state index contributed by atoms with van der Waals surface area (Å²) in [6.07, 6.45) is 1.02. The van der Waals surface area contributed by atoms with Gasteiger partial charge in [0.1, 0.15) is 0 Å². The van der Waals surface area contributed by atoms with Gasteiger partial charge in [-0.15, -0.1) is 0 Å². The predicted octanol–water partition coefficient (Wildman–Crippen LogP) is 5.19. The molecule has 2 aromatic carbocycles. The van der Waals surface area contributed by atoms with Crippen molar-refractivity contribution in [1.82, 2.24) is 5.32 Å². The molecular formula is C19H24BrN. The van der Waals surface area contributed by atoms with Crippen LogP contribution in [0.1, 0.15) is 39.4 Å². The van der Waals surface area contributed by atoms with Crippen molar-refractivity contribution < 1.29 is 0 Å². The molecule has 1 N–H and O–H groups in total. The fraction of sp³-hybridized carbons (Fsp3) is 0.368. The van der Waals surface area contributed by atoms with Crippen LogP contribution in [-0.4, -0.2) is 7.05 Å². The molecule has 2 heteroatoms. The lowest BCUT2D eigenvalue weighted by Gasteiger charge is -2.21. The van der Waals surface area contributed by atoms with E-state index in [-0.39, 0.29) is 0 Å². The molecule has 112 valence electrons. The molecule has 1 nitrogen and oxygen atoms in total. The standard InChI is InChI=1S/C19H24BrN/c1-12-7-6-8-13(2)17(12)11-18(21-5)16-9-14(3)19(20)15(4)10-16/h6-10,18,21H,11H2,1-5H3. The van der Waals surface area contributed by atoms with Gasteiger partial charge in [0.05, 0.1) is 0 Å². The van der Waals surface area contributed by atoms with Crippen molar-refractivity contribution in [3.8, 4) is 0 Å². The fourth-order valence-corrected chi connectivity index (χ4v) is 3.17. The van der Waals surface area contributed by atoms with Crippen molar-refractivity contribution in [1.29, 1.82) is 0 Å². The van der Waals surface area contributed by atoms with E-state index < -0.39 is 0 Å². The number of hydrogen-bond donors (Lipinski definition) is 1. The van der Waals surface area contributed by atoms with E-state index in [0.717, 1.165) is 6.42 Å². The Morgan fingerprint density at radius 2 is 1.48 bits per heavy atom. The van der Waals surface area contributed by atoms with E-state index in [4.69, 9.17) is 0 Å². The van der Waals surface area contributed by atoms with Gasteiger partial charge in [0.25, 0.3) is 0 Å². The Morgan fingerprint density at radius 1 is 0.952 bits per heavy atom. The molecule has 0 amide bonds. The minimum atomic E-state index is 0.343. The zero-order chi connectivity index (χ0) is 15.6. The van der Waals surface area contributed by atoms with Gasteiger partial charge in [0.2, 0.25) is 0 Å². The van der Waals surface area contributed by atoms with Crippen molar-refractivity contribution >= 4 is 15.9 Å². The molecule has 0 fully saturated rings. The maximum Gasteiger partial charge on any atom is 0.0358 e. The summed E-state index contributed by atoms with van der Waals surface area (Å²) in [5.74, 6) is 0. The Hall–Kier alpha value is -1.12. The molecular weight excluding hydrogens is 322 g/mol. The molecule has 0 aliphatic rings. The average molecular weight is 346 g/mol. The molecule has 21 heavy (non-hydrogen) atoms. The molecule has 0 aromatic heterocycles. The van der Waals surface area contributed by atoms with E-state index in [1.165, 1.54) is 37.9 Å². The number of rotatable bonds is 4. The summed E-state index contributed by atoms with van der Waals surface area (Å²) < 4.78 is 1.22. The van der Waals surface area contributed by atoms with Gasteiger partial charge in [-0.2, -0.15) is 0 Å². The highest BCUT2D eigenvalue weighted by molar-refractivity contribution is 9.10. The molecule has 1 unspecified atom stereocenters. The number of aryl methyl sites for hydroxylation is 4. The first-order valence-corrected chi connectivity index (χ1v) is 8.22. The van der Waals surface area contributed by atoms with Gasteiger partial charge in [-0.1, -0.05) is 46.3 Å². The topological polar surface area (TPSA) is 12.0 Å². The van der Waals surface area contributed by atoms with Crippen LogP contribution in [0.3, 0.4) is 0 Å². The number of benzene rings is 2. The quantitative estimate of drug-likeness (QED) is 0.804. The smallest absolute Gasteiger partial charge is 0.0358 e. The highest BCUT2D eigenvalue weighted by Gasteiger charge is 2.15. The Morgan fingerprint density at radius 3 is 1.95 bits per heavy atom. The highest BCUT2D eigenvalue weighted by atomic mass is 79.9. The molecule has 0 bridgehead atoms. The zero-order valence-electron chi connectivity index (χ0n) is 13.5. The summed E-state index contributed by atoms with van der Waals surface area (Å²) >= 11 is 3.65. The minimum absolute atomic E-state index is 0.343. The second kappa shape index (κ2) is 6.76. The lowest BCUT2D eigenvalue weighted by Crippen LogP contribution is -2.20. The van der Waals surface area contributed by atoms with Gasteiger partial charge in [0, 0.05) is 10.5 Å². The lowest BCUT2D eigenvalue weighted by molar-refractivity contribution is 0.588. The Balaban J connectivity index is 2.37. The monoisotopic (exact) mass is 345 g/mol. The summed E-state index contributed by atoms with van der Waals surface area (Å²) in [7, 11) is 2.05. The predicted molar refractivity (Wildman–Crippen MR) is 95.0 cm³/mol. The fourth-order valence-electron chi connectivity index (χ4n) is 2.94.